The van der Waals surface area contributed by atoms with Crippen molar-refractivity contribution >= 4 is 45.0 Å². The summed E-state index contributed by atoms with van der Waals surface area (Å²) in [5, 5.41) is 61.4. The summed E-state index contributed by atoms with van der Waals surface area (Å²) in [6.07, 6.45) is 15.3. The number of aliphatic carboxylic acids is 4. The van der Waals surface area contributed by atoms with Crippen LogP contribution in [0.4, 0.5) is 0 Å². The van der Waals surface area contributed by atoms with Gasteiger partial charge >= 0.3 is 121 Å². The number of carboxylic acids is 4. The van der Waals surface area contributed by atoms with Gasteiger partial charge < -0.3 is 49.8 Å². The molecule has 0 spiro atoms. The molecule has 0 aliphatic rings. The van der Waals surface area contributed by atoms with Gasteiger partial charge in [0.15, 0.2) is 0 Å². The minimum Gasteiger partial charge on any atom is -0.550 e. The average molecular weight is 792 g/mol. The van der Waals surface area contributed by atoms with Crippen LogP contribution in [0.25, 0.3) is 0 Å². The van der Waals surface area contributed by atoms with Gasteiger partial charge in [-0.15, -0.1) is 0 Å². The van der Waals surface area contributed by atoms with Gasteiger partial charge in [0.1, 0.15) is 11.2 Å². The molecular formula is C38H56O10Sn. The van der Waals surface area contributed by atoms with E-state index in [-0.39, 0.29) is 34.0 Å². The van der Waals surface area contributed by atoms with Gasteiger partial charge in [0.2, 0.25) is 0 Å². The van der Waals surface area contributed by atoms with E-state index in [0.29, 0.717) is 11.1 Å². The molecule has 2 rings (SSSR count). The Balaban J connectivity index is 0.000000705. The van der Waals surface area contributed by atoms with Crippen molar-refractivity contribution in [2.45, 2.75) is 137 Å². The van der Waals surface area contributed by atoms with Gasteiger partial charge in [0.05, 0.1) is 11.9 Å². The monoisotopic (exact) mass is 792 g/mol. The Morgan fingerprint density at radius 1 is 0.531 bits per heavy atom. The van der Waals surface area contributed by atoms with E-state index in [2.05, 4.69) is 13.8 Å². The van der Waals surface area contributed by atoms with Crippen LogP contribution >= 0.6 is 0 Å². The van der Waals surface area contributed by atoms with Crippen molar-refractivity contribution in [1.29, 1.82) is 0 Å². The fraction of sp³-hybridized carbons (Fsp3) is 0.579. The molecule has 0 heterocycles. The molecule has 0 saturated carbocycles. The fourth-order valence-electron chi connectivity index (χ4n) is 5.20. The minimum atomic E-state index is -2.43. The molecule has 0 fully saturated rings. The summed E-state index contributed by atoms with van der Waals surface area (Å²) in [5.41, 5.74) is -3.84. The third-order valence-corrected chi connectivity index (χ3v) is 13.7. The van der Waals surface area contributed by atoms with Crippen LogP contribution in [-0.2, 0) is 32.0 Å². The predicted molar refractivity (Wildman–Crippen MR) is 184 cm³/mol. The minimum absolute atomic E-state index is 0.259. The molecule has 0 bridgehead atoms. The molecule has 2 N–H and O–H groups in total. The van der Waals surface area contributed by atoms with E-state index in [0.717, 1.165) is 0 Å². The number of aliphatic hydroxyl groups is 2. The largest absolute Gasteiger partial charge is 0.550 e. The topological polar surface area (TPSA) is 201 Å². The Kier molecular flexibility index (Phi) is 26.1. The van der Waals surface area contributed by atoms with E-state index < -0.39 is 47.9 Å². The van der Waals surface area contributed by atoms with E-state index in [1.165, 1.54) is 64.2 Å². The van der Waals surface area contributed by atoms with Crippen LogP contribution in [0.2, 0.25) is 8.87 Å². The first-order chi connectivity index (χ1) is 23.3. The van der Waals surface area contributed by atoms with Crippen molar-refractivity contribution in [3.63, 3.8) is 0 Å². The zero-order chi connectivity index (χ0) is 37.0. The van der Waals surface area contributed by atoms with E-state index in [9.17, 15) is 49.8 Å². The van der Waals surface area contributed by atoms with Crippen LogP contribution < -0.4 is 20.4 Å². The van der Waals surface area contributed by atoms with Crippen molar-refractivity contribution in [3.8, 4) is 0 Å². The third kappa shape index (κ3) is 23.9. The summed E-state index contributed by atoms with van der Waals surface area (Å²) in [4.78, 5) is 42.1. The van der Waals surface area contributed by atoms with Gasteiger partial charge in [-0.1, -0.05) is 60.7 Å². The second-order valence-electron chi connectivity index (χ2n) is 12.7. The van der Waals surface area contributed by atoms with Gasteiger partial charge in [-0.25, -0.2) is 0 Å². The number of carboxylic acid groups (broad SMARTS) is 4. The first-order valence-corrected chi connectivity index (χ1v) is 23.4. The number of benzene rings is 2. The Morgan fingerprint density at radius 2 is 0.837 bits per heavy atom. The van der Waals surface area contributed by atoms with Gasteiger partial charge in [0, 0.05) is 37.6 Å². The summed E-state index contributed by atoms with van der Waals surface area (Å²) in [6.45, 7) is 4.61. The molecular weight excluding hydrogens is 735 g/mol. The molecule has 0 aromatic heterocycles. The van der Waals surface area contributed by atoms with E-state index in [4.69, 9.17) is 0 Å². The molecule has 2 atom stereocenters. The molecule has 4 radical (unpaired) electrons. The Hall–Kier alpha value is -2.96. The predicted octanol–water partition coefficient (Wildman–Crippen LogP) is 1.41. The van der Waals surface area contributed by atoms with Crippen LogP contribution in [0.15, 0.2) is 60.7 Å². The zero-order valence-corrected chi connectivity index (χ0v) is 33.4. The van der Waals surface area contributed by atoms with Crippen LogP contribution in [0.5, 0.6) is 0 Å². The van der Waals surface area contributed by atoms with Gasteiger partial charge in [-0.2, -0.15) is 0 Å². The van der Waals surface area contributed by atoms with Crippen molar-refractivity contribution in [1.82, 2.24) is 0 Å². The number of carbonyl (C=O) groups excluding carboxylic acids is 4. The van der Waals surface area contributed by atoms with Crippen LogP contribution in [-0.4, -0.2) is 66.4 Å². The van der Waals surface area contributed by atoms with Crippen molar-refractivity contribution in [2.24, 2.45) is 0 Å². The molecule has 2 unspecified atom stereocenters. The van der Waals surface area contributed by atoms with Crippen molar-refractivity contribution in [3.05, 3.63) is 71.8 Å². The summed E-state index contributed by atoms with van der Waals surface area (Å²) in [6, 6.07) is 16.4. The summed E-state index contributed by atoms with van der Waals surface area (Å²) in [5.74, 6) is -6.91. The molecule has 11 heteroatoms. The first kappa shape index (κ1) is 46.0. The molecule has 2 aromatic carbocycles. The maximum absolute atomic E-state index is 10.7. The normalized spacial score (nSPS) is 13.0. The smallest absolute Gasteiger partial charge is 0.113 e. The number of hydrogen-bond acceptors (Lipinski definition) is 10. The molecule has 0 aliphatic heterocycles. The standard InChI is InChI=1S/2C11H12O5.2C8H17.Sn.2H/c2*12-9(13)7-11(16,10(14)15)6-8-4-2-1-3-5-8;2*1-3-5-7-8-6-4-2;;;/h2*1-5,16H,6-7H2,(H,12,13)(H,14,15);2*1,3-8H2,2H3;;;/q;;;;+4;;/p-4. The number of unbranched alkanes of at least 4 members (excludes halogenated alkanes) is 10. The van der Waals surface area contributed by atoms with Gasteiger partial charge in [0.25, 0.3) is 0 Å². The SMILES string of the molecule is CCCCCCC[CH2][SnH2+4][CH2]CCCCCCC.O=C([O-])CC(O)(Cc1ccccc1)C(=O)[O-].O=C([O-])CC(O)(Cc1ccccc1)C(=O)[O-]. The van der Waals surface area contributed by atoms with E-state index in [1.807, 2.05) is 0 Å². The van der Waals surface area contributed by atoms with Crippen molar-refractivity contribution < 1.29 is 49.8 Å². The molecule has 0 aliphatic carbocycles. The third-order valence-electron chi connectivity index (χ3n) is 8.02. The fourth-order valence-corrected chi connectivity index (χ4v) is 10.2. The molecule has 10 nitrogen and oxygen atoms in total. The molecule has 0 amide bonds. The summed E-state index contributed by atoms with van der Waals surface area (Å²) < 4.78 is 3.39. The maximum Gasteiger partial charge on any atom is 0.113 e. The van der Waals surface area contributed by atoms with Gasteiger partial charge in [-0.3, -0.25) is 0 Å². The van der Waals surface area contributed by atoms with E-state index >= 15 is 0 Å². The van der Waals surface area contributed by atoms with Gasteiger partial charge in [-0.05, 0) is 11.1 Å². The Labute approximate surface area is 302 Å². The average Bonchev–Trinajstić information content (AvgIpc) is 3.04. The number of carbonyl (C=O) groups is 4. The van der Waals surface area contributed by atoms with Crippen LogP contribution in [0, 0.1) is 0 Å². The van der Waals surface area contributed by atoms with E-state index in [1.54, 1.807) is 82.4 Å². The number of hydrogen-bond donors (Lipinski definition) is 2. The van der Waals surface area contributed by atoms with Crippen LogP contribution in [0.3, 0.4) is 0 Å². The second-order valence-corrected chi connectivity index (χ2v) is 18.7. The summed E-state index contributed by atoms with van der Waals surface area (Å²) >= 11 is -0.259. The molecule has 0 saturated heterocycles. The first-order valence-electron chi connectivity index (χ1n) is 17.6. The molecule has 49 heavy (non-hydrogen) atoms. The van der Waals surface area contributed by atoms with Crippen molar-refractivity contribution in [2.75, 3.05) is 0 Å². The maximum atomic E-state index is 10.7. The Bertz CT molecular complexity index is 1090. The second kappa shape index (κ2) is 27.8. The molecule has 272 valence electrons. The Morgan fingerprint density at radius 3 is 1.12 bits per heavy atom. The summed E-state index contributed by atoms with van der Waals surface area (Å²) in [7, 11) is 0. The van der Waals surface area contributed by atoms with Crippen LogP contribution in [0.1, 0.15) is 115 Å². The molecule has 2 aromatic rings. The zero-order valence-electron chi connectivity index (χ0n) is 29.4. The number of rotatable bonds is 24. The quantitative estimate of drug-likeness (QED) is 0.116.